The Bertz CT molecular complexity index is 972. The number of nitrogens with zero attached hydrogens (tertiary/aromatic N) is 2. The summed E-state index contributed by atoms with van der Waals surface area (Å²) in [6, 6.07) is 12.6. The molecule has 0 fully saturated rings. The molecule has 0 saturated carbocycles. The van der Waals surface area contributed by atoms with Crippen molar-refractivity contribution in [2.45, 2.75) is 33.8 Å². The molecular formula is C21H29N3O4S. The molecule has 0 aliphatic carbocycles. The predicted molar refractivity (Wildman–Crippen MR) is 117 cm³/mol. The number of carbonyl (C=O) groups excluding carboxylic acids is 1. The number of anilines is 2. The molecule has 0 radical (unpaired) electrons. The molecular weight excluding hydrogens is 390 g/mol. The number of aryl methyl sites for hydroxylation is 2. The van der Waals surface area contributed by atoms with Crippen LogP contribution in [0.4, 0.5) is 11.4 Å². The third-order valence-electron chi connectivity index (χ3n) is 4.18. The summed E-state index contributed by atoms with van der Waals surface area (Å²) in [4.78, 5) is 12.8. The van der Waals surface area contributed by atoms with Crippen molar-refractivity contribution in [1.29, 1.82) is 0 Å². The van der Waals surface area contributed by atoms with Gasteiger partial charge in [0.25, 0.3) is 0 Å². The van der Waals surface area contributed by atoms with E-state index in [0.29, 0.717) is 17.1 Å². The maximum absolute atomic E-state index is 12.9. The lowest BCUT2D eigenvalue weighted by Crippen LogP contribution is -2.44. The summed E-state index contributed by atoms with van der Waals surface area (Å²) in [5, 5.41) is 2.77. The number of amides is 1. The van der Waals surface area contributed by atoms with Gasteiger partial charge in [0.15, 0.2) is 0 Å². The summed E-state index contributed by atoms with van der Waals surface area (Å²) in [6.45, 7) is 7.12. The van der Waals surface area contributed by atoms with Crippen molar-refractivity contribution < 1.29 is 17.9 Å². The fraction of sp³-hybridized carbons (Fsp3) is 0.381. The first-order valence-corrected chi connectivity index (χ1v) is 10.7. The van der Waals surface area contributed by atoms with E-state index >= 15 is 0 Å². The Morgan fingerprint density at radius 3 is 2.38 bits per heavy atom. The van der Waals surface area contributed by atoms with Gasteiger partial charge in [0, 0.05) is 14.1 Å². The van der Waals surface area contributed by atoms with E-state index in [4.69, 9.17) is 4.74 Å². The minimum atomic E-state index is -3.87. The van der Waals surface area contributed by atoms with Crippen LogP contribution in [0.3, 0.4) is 0 Å². The molecule has 1 N–H and O–H groups in total. The molecule has 0 aliphatic rings. The van der Waals surface area contributed by atoms with Gasteiger partial charge in [-0.1, -0.05) is 24.3 Å². The average Bonchev–Trinajstić information content (AvgIpc) is 2.63. The van der Waals surface area contributed by atoms with Gasteiger partial charge in [-0.05, 0) is 57.0 Å². The lowest BCUT2D eigenvalue weighted by molar-refractivity contribution is -0.114. The molecule has 0 atom stereocenters. The van der Waals surface area contributed by atoms with Gasteiger partial charge in [0.05, 0.1) is 17.5 Å². The van der Waals surface area contributed by atoms with E-state index in [2.05, 4.69) is 5.32 Å². The van der Waals surface area contributed by atoms with E-state index in [1.165, 1.54) is 14.1 Å². The Morgan fingerprint density at radius 2 is 1.76 bits per heavy atom. The zero-order chi connectivity index (χ0) is 21.8. The lowest BCUT2D eigenvalue weighted by atomic mass is 10.1. The van der Waals surface area contributed by atoms with Crippen LogP contribution in [0, 0.1) is 13.8 Å². The third-order valence-corrected chi connectivity index (χ3v) is 5.99. The maximum Gasteiger partial charge on any atom is 0.304 e. The van der Waals surface area contributed by atoms with Gasteiger partial charge in [-0.15, -0.1) is 0 Å². The Kier molecular flexibility index (Phi) is 7.26. The monoisotopic (exact) mass is 419 g/mol. The number of rotatable bonds is 8. The summed E-state index contributed by atoms with van der Waals surface area (Å²) in [5.74, 6) is 0.0701. The number of hydrogen-bond acceptors (Lipinski definition) is 4. The van der Waals surface area contributed by atoms with Crippen molar-refractivity contribution in [3.05, 3.63) is 53.6 Å². The van der Waals surface area contributed by atoms with Crippen molar-refractivity contribution >= 4 is 27.5 Å². The van der Waals surface area contributed by atoms with Crippen molar-refractivity contribution in [2.24, 2.45) is 0 Å². The molecule has 2 aromatic carbocycles. The smallest absolute Gasteiger partial charge is 0.304 e. The molecule has 0 unspecified atom stereocenters. The van der Waals surface area contributed by atoms with Gasteiger partial charge < -0.3 is 10.1 Å². The number of carbonyl (C=O) groups is 1. The molecule has 0 heterocycles. The van der Waals surface area contributed by atoms with Gasteiger partial charge in [-0.25, -0.2) is 4.31 Å². The van der Waals surface area contributed by atoms with Crippen molar-refractivity contribution in [1.82, 2.24) is 4.31 Å². The Balaban J connectivity index is 2.35. The summed E-state index contributed by atoms with van der Waals surface area (Å²) in [5.41, 5.74) is 2.63. The first kappa shape index (κ1) is 22.7. The summed E-state index contributed by atoms with van der Waals surface area (Å²) >= 11 is 0. The first-order chi connectivity index (χ1) is 13.5. The molecule has 29 heavy (non-hydrogen) atoms. The second kappa shape index (κ2) is 9.28. The van der Waals surface area contributed by atoms with Gasteiger partial charge in [-0.3, -0.25) is 4.79 Å². The van der Waals surface area contributed by atoms with Crippen LogP contribution in [0.25, 0.3) is 0 Å². The molecule has 8 heteroatoms. The maximum atomic E-state index is 12.9. The highest BCUT2D eigenvalue weighted by molar-refractivity contribution is 7.90. The normalized spacial score (nSPS) is 11.6. The first-order valence-electron chi connectivity index (χ1n) is 9.35. The van der Waals surface area contributed by atoms with Crippen LogP contribution >= 0.6 is 0 Å². The predicted octanol–water partition coefficient (Wildman–Crippen LogP) is 3.34. The largest absolute Gasteiger partial charge is 0.489 e. The summed E-state index contributed by atoms with van der Waals surface area (Å²) in [6.07, 6.45) is -0.0615. The molecule has 158 valence electrons. The van der Waals surface area contributed by atoms with Crippen LogP contribution < -0.4 is 14.4 Å². The van der Waals surface area contributed by atoms with Crippen molar-refractivity contribution in [3.63, 3.8) is 0 Å². The van der Waals surface area contributed by atoms with Gasteiger partial charge in [-0.2, -0.15) is 12.7 Å². The van der Waals surface area contributed by atoms with Crippen LogP contribution in [-0.2, 0) is 15.0 Å². The van der Waals surface area contributed by atoms with Crippen LogP contribution in [0.2, 0.25) is 0 Å². The second-order valence-electron chi connectivity index (χ2n) is 7.30. The standard InChI is InChI=1S/C21H29N3O4S/c1-15(2)28-20-10-8-7-9-18(20)22-21(25)14-24(29(26,27)23(5)6)19-13-16(3)11-12-17(19)4/h7-13,15H,14H2,1-6H3,(H,22,25). The molecule has 0 aromatic heterocycles. The molecule has 0 saturated heterocycles. The van der Waals surface area contributed by atoms with Crippen LogP contribution in [-0.4, -0.2) is 45.4 Å². The highest BCUT2D eigenvalue weighted by Crippen LogP contribution is 2.27. The van der Waals surface area contributed by atoms with Crippen molar-refractivity contribution in [3.8, 4) is 5.75 Å². The van der Waals surface area contributed by atoms with Crippen LogP contribution in [0.5, 0.6) is 5.75 Å². The molecule has 0 bridgehead atoms. The minimum Gasteiger partial charge on any atom is -0.489 e. The van der Waals surface area contributed by atoms with E-state index in [0.717, 1.165) is 19.7 Å². The average molecular weight is 420 g/mol. The van der Waals surface area contributed by atoms with Crippen LogP contribution in [0.1, 0.15) is 25.0 Å². The van der Waals surface area contributed by atoms with Gasteiger partial charge in [0.1, 0.15) is 12.3 Å². The number of ether oxygens (including phenoxy) is 1. The second-order valence-corrected chi connectivity index (χ2v) is 9.36. The fourth-order valence-electron chi connectivity index (χ4n) is 2.72. The Labute approximate surface area is 173 Å². The van der Waals surface area contributed by atoms with E-state index in [1.807, 2.05) is 45.9 Å². The van der Waals surface area contributed by atoms with E-state index in [1.54, 1.807) is 24.3 Å². The quantitative estimate of drug-likeness (QED) is 0.712. The molecule has 2 aromatic rings. The summed E-state index contributed by atoms with van der Waals surface area (Å²) in [7, 11) is -0.990. The highest BCUT2D eigenvalue weighted by atomic mass is 32.2. The third kappa shape index (κ3) is 5.71. The summed E-state index contributed by atoms with van der Waals surface area (Å²) < 4.78 is 33.8. The lowest BCUT2D eigenvalue weighted by Gasteiger charge is -2.28. The zero-order valence-corrected chi connectivity index (χ0v) is 18.6. The highest BCUT2D eigenvalue weighted by Gasteiger charge is 2.28. The topological polar surface area (TPSA) is 79.0 Å². The van der Waals surface area contributed by atoms with Crippen molar-refractivity contribution in [2.75, 3.05) is 30.3 Å². The molecule has 7 nitrogen and oxygen atoms in total. The molecule has 2 rings (SSSR count). The SMILES string of the molecule is Cc1ccc(C)c(N(CC(=O)Nc2ccccc2OC(C)C)S(=O)(=O)N(C)C)c1. The van der Waals surface area contributed by atoms with E-state index in [-0.39, 0.29) is 12.6 Å². The number of benzene rings is 2. The molecule has 0 aliphatic heterocycles. The van der Waals surface area contributed by atoms with Gasteiger partial charge in [0.2, 0.25) is 5.91 Å². The Hall–Kier alpha value is -2.58. The van der Waals surface area contributed by atoms with E-state index < -0.39 is 16.1 Å². The number of hydrogen-bond donors (Lipinski definition) is 1. The number of nitrogens with one attached hydrogen (secondary N) is 1. The van der Waals surface area contributed by atoms with E-state index in [9.17, 15) is 13.2 Å². The Morgan fingerprint density at radius 1 is 1.10 bits per heavy atom. The van der Waals surface area contributed by atoms with Crippen LogP contribution in [0.15, 0.2) is 42.5 Å². The molecule has 1 amide bonds. The molecule has 0 spiro atoms. The zero-order valence-electron chi connectivity index (χ0n) is 17.8. The van der Waals surface area contributed by atoms with Gasteiger partial charge >= 0.3 is 10.2 Å². The number of para-hydroxylation sites is 2. The minimum absolute atomic E-state index is 0.0615. The fourth-order valence-corrected chi connectivity index (χ4v) is 3.84.